The zero-order valence-electron chi connectivity index (χ0n) is 24.0. The standard InChI is InChI=1S/C37H29BO4/c1-35(2)36(3,4)42-38(41-35)28-17-11-13-23-33-31(40-34(23)28)21-20-27-32(33)22-12-5-6-14-24(22)37(27)25-15-7-9-18-29(25)39-30-19-10-8-16-26(30)37/h5-21H,1-4H3. The molecule has 0 unspecified atom stereocenters. The Bertz CT molecular complexity index is 2040. The molecule has 0 bridgehead atoms. The van der Waals surface area contributed by atoms with E-state index in [1.165, 1.54) is 22.3 Å². The second kappa shape index (κ2) is 7.94. The molecule has 0 saturated carbocycles. The molecular formula is C37H29BO4. The minimum atomic E-state index is -0.515. The van der Waals surface area contributed by atoms with Gasteiger partial charge in [0, 0.05) is 27.4 Å². The molecular weight excluding hydrogens is 519 g/mol. The molecule has 2 aliphatic heterocycles. The highest BCUT2D eigenvalue weighted by molar-refractivity contribution is 6.65. The Hall–Kier alpha value is -4.32. The Morgan fingerprint density at radius 1 is 0.571 bits per heavy atom. The van der Waals surface area contributed by atoms with E-state index in [0.29, 0.717) is 0 Å². The molecule has 4 nitrogen and oxygen atoms in total. The number of hydrogen-bond donors (Lipinski definition) is 0. The fourth-order valence-corrected chi connectivity index (χ4v) is 7.41. The summed E-state index contributed by atoms with van der Waals surface area (Å²) in [5.74, 6) is 1.78. The number of fused-ring (bicyclic) bond motifs is 13. The lowest BCUT2D eigenvalue weighted by Gasteiger charge is -2.39. The van der Waals surface area contributed by atoms with Crippen LogP contribution in [0.4, 0.5) is 0 Å². The van der Waals surface area contributed by atoms with E-state index < -0.39 is 23.7 Å². The van der Waals surface area contributed by atoms with Crippen molar-refractivity contribution in [3.63, 3.8) is 0 Å². The predicted molar refractivity (Wildman–Crippen MR) is 167 cm³/mol. The zero-order valence-corrected chi connectivity index (χ0v) is 24.0. The van der Waals surface area contributed by atoms with Gasteiger partial charge in [0.15, 0.2) is 0 Å². The van der Waals surface area contributed by atoms with E-state index in [0.717, 1.165) is 50.0 Å². The molecule has 1 fully saturated rings. The monoisotopic (exact) mass is 548 g/mol. The fourth-order valence-electron chi connectivity index (χ4n) is 7.41. The molecule has 42 heavy (non-hydrogen) atoms. The molecule has 3 heterocycles. The Labute approximate surface area is 245 Å². The summed E-state index contributed by atoms with van der Waals surface area (Å²) in [4.78, 5) is 0. The van der Waals surface area contributed by atoms with Crippen LogP contribution in [0.3, 0.4) is 0 Å². The van der Waals surface area contributed by atoms with Crippen LogP contribution in [0.25, 0.3) is 33.1 Å². The van der Waals surface area contributed by atoms with E-state index in [9.17, 15) is 0 Å². The quantitative estimate of drug-likeness (QED) is 0.193. The van der Waals surface area contributed by atoms with Gasteiger partial charge in [0.25, 0.3) is 0 Å². The van der Waals surface area contributed by atoms with Crippen LogP contribution >= 0.6 is 0 Å². The lowest BCUT2D eigenvalue weighted by Crippen LogP contribution is -2.41. The molecule has 1 saturated heterocycles. The zero-order chi connectivity index (χ0) is 28.4. The van der Waals surface area contributed by atoms with Crippen molar-refractivity contribution in [2.75, 3.05) is 0 Å². The molecule has 0 radical (unpaired) electrons. The van der Waals surface area contributed by atoms with Crippen molar-refractivity contribution in [2.45, 2.75) is 44.3 Å². The molecule has 0 N–H and O–H groups in total. The largest absolute Gasteiger partial charge is 0.498 e. The summed E-state index contributed by atoms with van der Waals surface area (Å²) in [5, 5.41) is 2.18. The topological polar surface area (TPSA) is 40.8 Å². The van der Waals surface area contributed by atoms with E-state index in [4.69, 9.17) is 18.5 Å². The van der Waals surface area contributed by atoms with Crippen LogP contribution in [0.15, 0.2) is 108 Å². The Kier molecular flexibility index (Phi) is 4.60. The van der Waals surface area contributed by atoms with Gasteiger partial charge in [-0.15, -0.1) is 0 Å². The molecule has 5 heteroatoms. The van der Waals surface area contributed by atoms with Gasteiger partial charge in [0.2, 0.25) is 0 Å². The molecule has 1 spiro atoms. The second-order valence-electron chi connectivity index (χ2n) is 12.7. The van der Waals surface area contributed by atoms with E-state index in [1.54, 1.807) is 0 Å². The fraction of sp³-hybridized carbons (Fsp3) is 0.189. The maximum absolute atomic E-state index is 6.70. The summed E-state index contributed by atoms with van der Waals surface area (Å²) in [6.45, 7) is 8.33. The number of furan rings is 1. The van der Waals surface area contributed by atoms with E-state index in [-0.39, 0.29) is 0 Å². The number of hydrogen-bond acceptors (Lipinski definition) is 4. The van der Waals surface area contributed by atoms with Crippen molar-refractivity contribution < 1.29 is 18.5 Å². The smallest absolute Gasteiger partial charge is 0.457 e. The normalized spacial score (nSPS) is 18.5. The van der Waals surface area contributed by atoms with Gasteiger partial charge in [-0.05, 0) is 68.1 Å². The molecule has 9 rings (SSSR count). The summed E-state index contributed by atoms with van der Waals surface area (Å²) >= 11 is 0. The van der Waals surface area contributed by atoms with Crippen LogP contribution in [-0.4, -0.2) is 18.3 Å². The van der Waals surface area contributed by atoms with E-state index in [2.05, 4.69) is 119 Å². The maximum atomic E-state index is 6.70. The van der Waals surface area contributed by atoms with Crippen LogP contribution in [0, 0.1) is 0 Å². The van der Waals surface area contributed by atoms with E-state index in [1.807, 2.05) is 12.1 Å². The molecule has 0 atom stereocenters. The first-order valence-electron chi connectivity index (χ1n) is 14.6. The highest BCUT2D eigenvalue weighted by Gasteiger charge is 2.54. The number of ether oxygens (including phenoxy) is 1. The van der Waals surface area contributed by atoms with Gasteiger partial charge in [-0.1, -0.05) is 84.9 Å². The van der Waals surface area contributed by atoms with Crippen LogP contribution in [-0.2, 0) is 14.7 Å². The minimum absolute atomic E-state index is 0.442. The third-order valence-electron chi connectivity index (χ3n) is 10.0. The van der Waals surface area contributed by atoms with Crippen molar-refractivity contribution in [3.05, 3.63) is 125 Å². The van der Waals surface area contributed by atoms with Crippen molar-refractivity contribution in [1.29, 1.82) is 0 Å². The first-order chi connectivity index (χ1) is 20.3. The summed E-state index contributed by atoms with van der Waals surface area (Å²) in [7, 11) is -0.514. The van der Waals surface area contributed by atoms with Gasteiger partial charge in [0.05, 0.1) is 16.6 Å². The lowest BCUT2D eigenvalue weighted by molar-refractivity contribution is 0.00578. The average molecular weight is 548 g/mol. The molecule has 1 aromatic heterocycles. The SMILES string of the molecule is CC1(C)OB(c2cccc3c2oc2ccc4c(c23)-c2ccccc2C42c3ccccc3Oc3ccccc32)OC1(C)C. The van der Waals surface area contributed by atoms with Crippen molar-refractivity contribution in [1.82, 2.24) is 0 Å². The predicted octanol–water partition coefficient (Wildman–Crippen LogP) is 8.35. The molecule has 6 aromatic rings. The van der Waals surface area contributed by atoms with E-state index >= 15 is 0 Å². The van der Waals surface area contributed by atoms with Gasteiger partial charge >= 0.3 is 7.12 Å². The average Bonchev–Trinajstić information content (AvgIpc) is 3.58. The van der Waals surface area contributed by atoms with Gasteiger partial charge in [-0.3, -0.25) is 0 Å². The molecule has 3 aliphatic rings. The van der Waals surface area contributed by atoms with Crippen LogP contribution < -0.4 is 10.2 Å². The summed E-state index contributed by atoms with van der Waals surface area (Å²) in [6.07, 6.45) is 0. The van der Waals surface area contributed by atoms with Crippen molar-refractivity contribution in [3.8, 4) is 22.6 Å². The Morgan fingerprint density at radius 3 is 1.88 bits per heavy atom. The third kappa shape index (κ3) is 2.85. The maximum Gasteiger partial charge on any atom is 0.498 e. The van der Waals surface area contributed by atoms with Crippen molar-refractivity contribution >= 4 is 34.5 Å². The second-order valence-corrected chi connectivity index (χ2v) is 12.7. The number of rotatable bonds is 1. The van der Waals surface area contributed by atoms with Crippen LogP contribution in [0.5, 0.6) is 11.5 Å². The summed E-state index contributed by atoms with van der Waals surface area (Å²) < 4.78 is 26.1. The lowest BCUT2D eigenvalue weighted by atomic mass is 9.66. The van der Waals surface area contributed by atoms with Crippen LogP contribution in [0.2, 0.25) is 0 Å². The minimum Gasteiger partial charge on any atom is -0.457 e. The van der Waals surface area contributed by atoms with Gasteiger partial charge in [-0.25, -0.2) is 0 Å². The van der Waals surface area contributed by atoms with Gasteiger partial charge in [0.1, 0.15) is 22.7 Å². The van der Waals surface area contributed by atoms with Crippen molar-refractivity contribution in [2.24, 2.45) is 0 Å². The number of para-hydroxylation sites is 3. The first kappa shape index (κ1) is 24.3. The first-order valence-corrected chi connectivity index (χ1v) is 14.6. The molecule has 1 aliphatic carbocycles. The molecule has 5 aromatic carbocycles. The summed E-state index contributed by atoms with van der Waals surface area (Å²) in [5.41, 5.74) is 8.41. The third-order valence-corrected chi connectivity index (χ3v) is 10.0. The molecule has 0 amide bonds. The Morgan fingerprint density at radius 2 is 1.19 bits per heavy atom. The highest BCUT2D eigenvalue weighted by Crippen LogP contribution is 2.63. The molecule has 204 valence electrons. The van der Waals surface area contributed by atoms with Crippen LogP contribution in [0.1, 0.15) is 49.9 Å². The van der Waals surface area contributed by atoms with Gasteiger partial charge in [-0.2, -0.15) is 0 Å². The number of benzene rings is 5. The summed E-state index contributed by atoms with van der Waals surface area (Å²) in [6, 6.07) is 36.4. The highest BCUT2D eigenvalue weighted by atomic mass is 16.7. The van der Waals surface area contributed by atoms with Gasteiger partial charge < -0.3 is 18.5 Å². The Balaban J connectivity index is 1.38.